The number of rotatable bonds is 3. The molecule has 1 aliphatic rings. The molecule has 4 rings (SSSR count). The van der Waals surface area contributed by atoms with E-state index in [-0.39, 0.29) is 11.7 Å². The highest BCUT2D eigenvalue weighted by Gasteiger charge is 2.20. The maximum atomic E-state index is 13.6. The molecule has 0 spiro atoms. The molecule has 1 amide bonds. The summed E-state index contributed by atoms with van der Waals surface area (Å²) in [5, 5.41) is 4.98. The summed E-state index contributed by atoms with van der Waals surface area (Å²) >= 11 is 0. The monoisotopic (exact) mass is 349 g/mol. The molecule has 0 aliphatic heterocycles. The standard InChI is InChI=1S/C21H20FN3O/c1-13-6-8-19-16(10-13)17-11-14(7-9-20(17)24-19)21(26)25-23-12-15-4-2-3-5-18(15)22/h2-5,7,9,11-13,24H,6,8,10H2,1H3,(H,25,26)/b23-12-. The number of benzene rings is 2. The molecule has 1 heterocycles. The third-order valence-electron chi connectivity index (χ3n) is 4.97. The predicted molar refractivity (Wildman–Crippen MR) is 101 cm³/mol. The molecule has 132 valence electrons. The lowest BCUT2D eigenvalue weighted by Gasteiger charge is -2.18. The van der Waals surface area contributed by atoms with E-state index in [0.29, 0.717) is 17.0 Å². The Bertz CT molecular complexity index is 1010. The molecule has 0 bridgehead atoms. The van der Waals surface area contributed by atoms with E-state index in [4.69, 9.17) is 0 Å². The van der Waals surface area contributed by atoms with Crippen molar-refractivity contribution >= 4 is 23.0 Å². The number of hydrogen-bond donors (Lipinski definition) is 2. The quantitative estimate of drug-likeness (QED) is 0.540. The molecule has 1 unspecified atom stereocenters. The zero-order valence-electron chi connectivity index (χ0n) is 14.6. The van der Waals surface area contributed by atoms with Gasteiger partial charge in [0.1, 0.15) is 5.82 Å². The molecular formula is C21H20FN3O. The summed E-state index contributed by atoms with van der Waals surface area (Å²) in [6.07, 6.45) is 4.59. The van der Waals surface area contributed by atoms with Crippen LogP contribution in [0.15, 0.2) is 47.6 Å². The van der Waals surface area contributed by atoms with Gasteiger partial charge in [0.2, 0.25) is 0 Å². The number of fused-ring (bicyclic) bond motifs is 3. The fourth-order valence-corrected chi connectivity index (χ4v) is 3.54. The zero-order chi connectivity index (χ0) is 18.1. The topological polar surface area (TPSA) is 57.2 Å². The number of nitrogens with zero attached hydrogens (tertiary/aromatic N) is 1. The number of carbonyl (C=O) groups is 1. The molecular weight excluding hydrogens is 329 g/mol. The van der Waals surface area contributed by atoms with Crippen molar-refractivity contribution in [2.75, 3.05) is 0 Å². The van der Waals surface area contributed by atoms with Gasteiger partial charge in [-0.1, -0.05) is 25.1 Å². The van der Waals surface area contributed by atoms with Gasteiger partial charge in [0.05, 0.1) is 6.21 Å². The highest BCUT2D eigenvalue weighted by molar-refractivity contribution is 5.99. The van der Waals surface area contributed by atoms with E-state index in [1.165, 1.54) is 30.0 Å². The summed E-state index contributed by atoms with van der Waals surface area (Å²) in [6, 6.07) is 11.9. The van der Waals surface area contributed by atoms with Crippen LogP contribution in [0.2, 0.25) is 0 Å². The lowest BCUT2D eigenvalue weighted by molar-refractivity contribution is 0.0955. The number of hydrogen-bond acceptors (Lipinski definition) is 2. The first kappa shape index (κ1) is 16.5. The Hall–Kier alpha value is -2.95. The lowest BCUT2D eigenvalue weighted by atomic mass is 9.87. The van der Waals surface area contributed by atoms with E-state index >= 15 is 0 Å². The van der Waals surface area contributed by atoms with Crippen molar-refractivity contribution in [2.45, 2.75) is 26.2 Å². The van der Waals surface area contributed by atoms with Crippen LogP contribution in [0.5, 0.6) is 0 Å². The second-order valence-corrected chi connectivity index (χ2v) is 6.91. The zero-order valence-corrected chi connectivity index (χ0v) is 14.6. The summed E-state index contributed by atoms with van der Waals surface area (Å²) in [7, 11) is 0. The van der Waals surface area contributed by atoms with Crippen LogP contribution in [0.1, 0.15) is 40.5 Å². The summed E-state index contributed by atoms with van der Waals surface area (Å²) in [5.74, 6) is -0.0253. The molecule has 0 radical (unpaired) electrons. The number of H-pyrrole nitrogens is 1. The fourth-order valence-electron chi connectivity index (χ4n) is 3.54. The van der Waals surface area contributed by atoms with Gasteiger partial charge in [-0.2, -0.15) is 5.10 Å². The van der Waals surface area contributed by atoms with E-state index in [2.05, 4.69) is 22.4 Å². The SMILES string of the molecule is CC1CCc2[nH]c3ccc(C(=O)N/N=C\c4ccccc4F)cc3c2C1. The summed E-state index contributed by atoms with van der Waals surface area (Å²) in [5.41, 5.74) is 7.02. The van der Waals surface area contributed by atoms with Gasteiger partial charge in [0.15, 0.2) is 0 Å². The number of aromatic nitrogens is 1. The van der Waals surface area contributed by atoms with E-state index in [1.807, 2.05) is 12.1 Å². The summed E-state index contributed by atoms with van der Waals surface area (Å²) in [4.78, 5) is 15.9. The minimum absolute atomic E-state index is 0.307. The van der Waals surface area contributed by atoms with E-state index in [9.17, 15) is 9.18 Å². The van der Waals surface area contributed by atoms with Gasteiger partial charge in [-0.25, -0.2) is 9.82 Å². The third kappa shape index (κ3) is 3.12. The van der Waals surface area contributed by atoms with Crippen LogP contribution >= 0.6 is 0 Å². The molecule has 2 aromatic carbocycles. The molecule has 1 aliphatic carbocycles. The van der Waals surface area contributed by atoms with Crippen molar-refractivity contribution in [3.8, 4) is 0 Å². The first-order valence-electron chi connectivity index (χ1n) is 8.83. The fraction of sp³-hybridized carbons (Fsp3) is 0.238. The summed E-state index contributed by atoms with van der Waals surface area (Å²) in [6.45, 7) is 2.26. The van der Waals surface area contributed by atoms with Crippen molar-refractivity contribution in [1.82, 2.24) is 10.4 Å². The second kappa shape index (κ2) is 6.75. The summed E-state index contributed by atoms with van der Waals surface area (Å²) < 4.78 is 13.6. The molecule has 4 nitrogen and oxygen atoms in total. The van der Waals surface area contributed by atoms with Crippen LogP contribution in [-0.2, 0) is 12.8 Å². The molecule has 2 N–H and O–H groups in total. The number of carbonyl (C=O) groups excluding carboxylic acids is 1. The Balaban J connectivity index is 1.55. The Morgan fingerprint density at radius 3 is 3.00 bits per heavy atom. The van der Waals surface area contributed by atoms with Gasteiger partial charge in [-0.3, -0.25) is 4.79 Å². The maximum Gasteiger partial charge on any atom is 0.271 e. The number of aryl methyl sites for hydroxylation is 1. The highest BCUT2D eigenvalue weighted by atomic mass is 19.1. The van der Waals surface area contributed by atoms with Crippen molar-refractivity contribution in [1.29, 1.82) is 0 Å². The first-order valence-corrected chi connectivity index (χ1v) is 8.83. The highest BCUT2D eigenvalue weighted by Crippen LogP contribution is 2.32. The molecule has 0 fully saturated rings. The smallest absolute Gasteiger partial charge is 0.271 e. The number of halogens is 1. The minimum atomic E-state index is -0.375. The van der Waals surface area contributed by atoms with Crippen LogP contribution in [0.4, 0.5) is 4.39 Å². The predicted octanol–water partition coefficient (Wildman–Crippen LogP) is 4.20. The molecule has 26 heavy (non-hydrogen) atoms. The van der Waals surface area contributed by atoms with Crippen LogP contribution < -0.4 is 5.43 Å². The van der Waals surface area contributed by atoms with Crippen LogP contribution in [0, 0.1) is 11.7 Å². The van der Waals surface area contributed by atoms with Crippen molar-refractivity contribution in [3.63, 3.8) is 0 Å². The van der Waals surface area contributed by atoms with Gasteiger partial charge >= 0.3 is 0 Å². The minimum Gasteiger partial charge on any atom is -0.358 e. The van der Waals surface area contributed by atoms with E-state index < -0.39 is 0 Å². The van der Waals surface area contributed by atoms with Crippen molar-refractivity contribution < 1.29 is 9.18 Å². The molecule has 1 atom stereocenters. The van der Waals surface area contributed by atoms with Crippen molar-refractivity contribution in [3.05, 3.63) is 70.7 Å². The molecule has 1 aromatic heterocycles. The van der Waals surface area contributed by atoms with Gasteiger partial charge in [-0.05, 0) is 55.0 Å². The average Bonchev–Trinajstić information content (AvgIpc) is 3.00. The van der Waals surface area contributed by atoms with Gasteiger partial charge in [0.25, 0.3) is 5.91 Å². The number of amides is 1. The second-order valence-electron chi connectivity index (χ2n) is 6.91. The lowest BCUT2D eigenvalue weighted by Crippen LogP contribution is -2.17. The van der Waals surface area contributed by atoms with Crippen molar-refractivity contribution in [2.24, 2.45) is 11.0 Å². The van der Waals surface area contributed by atoms with Gasteiger partial charge in [0, 0.05) is 27.7 Å². The van der Waals surface area contributed by atoms with E-state index in [0.717, 1.165) is 23.7 Å². The van der Waals surface area contributed by atoms with Crippen LogP contribution in [0.25, 0.3) is 10.9 Å². The number of aromatic amines is 1. The average molecular weight is 349 g/mol. The molecule has 0 saturated carbocycles. The van der Waals surface area contributed by atoms with Crippen LogP contribution in [-0.4, -0.2) is 17.1 Å². The third-order valence-corrected chi connectivity index (χ3v) is 4.97. The molecule has 0 saturated heterocycles. The Labute approximate surface area is 151 Å². The Morgan fingerprint density at radius 1 is 1.31 bits per heavy atom. The van der Waals surface area contributed by atoms with E-state index in [1.54, 1.807) is 24.3 Å². The largest absolute Gasteiger partial charge is 0.358 e. The number of nitrogens with one attached hydrogen (secondary N) is 2. The maximum absolute atomic E-state index is 13.6. The van der Waals surface area contributed by atoms with Crippen LogP contribution in [0.3, 0.4) is 0 Å². The first-order chi connectivity index (χ1) is 12.6. The molecule has 5 heteroatoms. The number of hydrazone groups is 1. The van der Waals surface area contributed by atoms with Gasteiger partial charge < -0.3 is 4.98 Å². The van der Waals surface area contributed by atoms with Gasteiger partial charge in [-0.15, -0.1) is 0 Å². The normalized spacial score (nSPS) is 16.8. The Morgan fingerprint density at radius 2 is 2.15 bits per heavy atom. The Kier molecular flexibility index (Phi) is 4.29. The molecule has 3 aromatic rings.